The molecule has 1 aromatic carbocycles. The Kier molecular flexibility index (Phi) is 2.71. The van der Waals surface area contributed by atoms with E-state index in [1.165, 1.54) is 0 Å². The number of aromatic nitrogens is 3. The normalized spacial score (nSPS) is 10.9. The highest BCUT2D eigenvalue weighted by molar-refractivity contribution is 5.80. The molecule has 0 aliphatic carbocycles. The molecule has 0 atom stereocenters. The average Bonchev–Trinajstić information content (AvgIpc) is 2.78. The Labute approximate surface area is 112 Å². The monoisotopic (exact) mass is 251 g/mol. The van der Waals surface area contributed by atoms with Gasteiger partial charge in [-0.3, -0.25) is 4.57 Å². The predicted octanol–water partition coefficient (Wildman–Crippen LogP) is 2.88. The number of hydrogen-bond acceptors (Lipinski definition) is 3. The Morgan fingerprint density at radius 3 is 2.79 bits per heavy atom. The summed E-state index contributed by atoms with van der Waals surface area (Å²) in [6, 6.07) is 12.9. The van der Waals surface area contributed by atoms with Crippen LogP contribution in [0.4, 0.5) is 5.95 Å². The van der Waals surface area contributed by atoms with Crippen molar-refractivity contribution in [1.82, 2.24) is 14.5 Å². The molecule has 3 aromatic rings. The Morgan fingerprint density at radius 1 is 1.26 bits per heavy atom. The summed E-state index contributed by atoms with van der Waals surface area (Å²) in [5, 5.41) is 3.13. The van der Waals surface area contributed by atoms with E-state index in [0.717, 1.165) is 34.1 Å². The summed E-state index contributed by atoms with van der Waals surface area (Å²) >= 11 is 0. The van der Waals surface area contributed by atoms with Crippen molar-refractivity contribution in [2.24, 2.45) is 0 Å². The van der Waals surface area contributed by atoms with E-state index in [9.17, 15) is 0 Å². The van der Waals surface area contributed by atoms with Crippen molar-refractivity contribution in [3.63, 3.8) is 0 Å². The molecule has 0 fully saturated rings. The molecule has 2 aromatic heterocycles. The Hall–Kier alpha value is -2.36. The lowest BCUT2D eigenvalue weighted by atomic mass is 10.2. The van der Waals surface area contributed by atoms with Gasteiger partial charge in [0, 0.05) is 12.7 Å². The molecule has 1 radical (unpaired) electrons. The standard InChI is InChI=1S/C15H15N4/c1-10-9-11(2)17-14-13(10)18-15(16-3)19(14)12-7-5-4-6-8-12/h4-5,7-9H,1-3H3,(H,16,18). The van der Waals surface area contributed by atoms with Crippen molar-refractivity contribution in [2.45, 2.75) is 13.8 Å². The van der Waals surface area contributed by atoms with Crippen LogP contribution in [-0.2, 0) is 0 Å². The smallest absolute Gasteiger partial charge is 0.209 e. The zero-order chi connectivity index (χ0) is 13.4. The number of nitrogens with one attached hydrogen (secondary N) is 1. The van der Waals surface area contributed by atoms with Crippen molar-refractivity contribution in [3.8, 4) is 5.69 Å². The van der Waals surface area contributed by atoms with Gasteiger partial charge in [0.1, 0.15) is 5.52 Å². The fourth-order valence-electron chi connectivity index (χ4n) is 2.30. The summed E-state index contributed by atoms with van der Waals surface area (Å²) in [7, 11) is 1.87. The van der Waals surface area contributed by atoms with E-state index in [-0.39, 0.29) is 0 Å². The lowest BCUT2D eigenvalue weighted by Crippen LogP contribution is -2.02. The third-order valence-corrected chi connectivity index (χ3v) is 3.11. The van der Waals surface area contributed by atoms with Gasteiger partial charge in [-0.15, -0.1) is 0 Å². The van der Waals surface area contributed by atoms with Gasteiger partial charge in [0.2, 0.25) is 5.95 Å². The third-order valence-electron chi connectivity index (χ3n) is 3.11. The molecule has 1 N–H and O–H groups in total. The molecule has 0 aliphatic rings. The number of rotatable bonds is 2. The second kappa shape index (κ2) is 4.39. The molecule has 0 amide bonds. The average molecular weight is 251 g/mol. The molecule has 2 heterocycles. The highest BCUT2D eigenvalue weighted by Crippen LogP contribution is 2.25. The number of anilines is 1. The SMILES string of the molecule is CNc1nc2c(C)cc(C)nc2n1-c1c[c]ccc1. The quantitative estimate of drug-likeness (QED) is 0.761. The molecular weight excluding hydrogens is 236 g/mol. The molecular formula is C15H15N4. The van der Waals surface area contributed by atoms with Crippen LogP contribution in [0.2, 0.25) is 0 Å². The molecule has 3 rings (SSSR count). The lowest BCUT2D eigenvalue weighted by molar-refractivity contribution is 1.05. The fourth-order valence-corrected chi connectivity index (χ4v) is 2.30. The van der Waals surface area contributed by atoms with Gasteiger partial charge in [0.25, 0.3) is 0 Å². The molecule has 95 valence electrons. The van der Waals surface area contributed by atoms with Crippen LogP contribution in [0.25, 0.3) is 16.9 Å². The minimum absolute atomic E-state index is 0.788. The number of imidazole rings is 1. The van der Waals surface area contributed by atoms with Crippen molar-refractivity contribution in [3.05, 3.63) is 47.7 Å². The molecule has 0 spiro atoms. The van der Waals surface area contributed by atoms with E-state index in [1.807, 2.05) is 42.8 Å². The van der Waals surface area contributed by atoms with Gasteiger partial charge in [0.15, 0.2) is 5.65 Å². The second-order valence-corrected chi connectivity index (χ2v) is 4.54. The van der Waals surface area contributed by atoms with Crippen molar-refractivity contribution in [1.29, 1.82) is 0 Å². The van der Waals surface area contributed by atoms with E-state index in [2.05, 4.69) is 34.3 Å². The van der Waals surface area contributed by atoms with Gasteiger partial charge in [-0.25, -0.2) is 9.97 Å². The number of pyridine rings is 1. The molecule has 4 heteroatoms. The summed E-state index contributed by atoms with van der Waals surface area (Å²) in [6.07, 6.45) is 0. The first-order valence-corrected chi connectivity index (χ1v) is 6.21. The van der Waals surface area contributed by atoms with E-state index in [1.54, 1.807) is 0 Å². The summed E-state index contributed by atoms with van der Waals surface area (Å²) in [6.45, 7) is 4.06. The van der Waals surface area contributed by atoms with Crippen LogP contribution in [0, 0.1) is 19.9 Å². The molecule has 0 unspecified atom stereocenters. The summed E-state index contributed by atoms with van der Waals surface area (Å²) in [5.74, 6) is 0.788. The topological polar surface area (TPSA) is 42.7 Å². The van der Waals surface area contributed by atoms with Gasteiger partial charge < -0.3 is 5.32 Å². The Morgan fingerprint density at radius 2 is 2.11 bits per heavy atom. The van der Waals surface area contributed by atoms with Crippen LogP contribution < -0.4 is 5.32 Å². The first-order chi connectivity index (χ1) is 9.20. The van der Waals surface area contributed by atoms with Gasteiger partial charge in [-0.2, -0.15) is 0 Å². The first-order valence-electron chi connectivity index (χ1n) is 6.21. The zero-order valence-corrected chi connectivity index (χ0v) is 11.2. The predicted molar refractivity (Wildman–Crippen MR) is 76.7 cm³/mol. The Bertz CT molecular complexity index is 729. The van der Waals surface area contributed by atoms with Gasteiger partial charge >= 0.3 is 0 Å². The molecule has 0 aliphatic heterocycles. The van der Waals surface area contributed by atoms with Crippen molar-refractivity contribution in [2.75, 3.05) is 12.4 Å². The molecule has 4 nitrogen and oxygen atoms in total. The van der Waals surface area contributed by atoms with Crippen molar-refractivity contribution < 1.29 is 0 Å². The van der Waals surface area contributed by atoms with Crippen LogP contribution in [0.3, 0.4) is 0 Å². The van der Waals surface area contributed by atoms with Gasteiger partial charge in [-0.1, -0.05) is 12.1 Å². The third kappa shape index (κ3) is 1.85. The maximum absolute atomic E-state index is 4.63. The molecule has 0 saturated heterocycles. The van der Waals surface area contributed by atoms with Crippen LogP contribution >= 0.6 is 0 Å². The van der Waals surface area contributed by atoms with Crippen molar-refractivity contribution >= 4 is 17.1 Å². The summed E-state index contributed by atoms with van der Waals surface area (Å²) < 4.78 is 2.02. The summed E-state index contributed by atoms with van der Waals surface area (Å²) in [4.78, 5) is 9.25. The molecule has 19 heavy (non-hydrogen) atoms. The molecule has 0 bridgehead atoms. The van der Waals surface area contributed by atoms with E-state index >= 15 is 0 Å². The summed E-state index contributed by atoms with van der Waals surface area (Å²) in [5.41, 5.74) is 4.94. The van der Waals surface area contributed by atoms with Crippen LogP contribution in [0.1, 0.15) is 11.3 Å². The number of fused-ring (bicyclic) bond motifs is 1. The number of aryl methyl sites for hydroxylation is 2. The number of hydrogen-bond donors (Lipinski definition) is 1. The minimum Gasteiger partial charge on any atom is -0.358 e. The fraction of sp³-hybridized carbons (Fsp3) is 0.200. The first kappa shape index (κ1) is 11.7. The van der Waals surface area contributed by atoms with Crippen LogP contribution in [0.5, 0.6) is 0 Å². The maximum atomic E-state index is 4.63. The van der Waals surface area contributed by atoms with Crippen LogP contribution in [-0.4, -0.2) is 21.6 Å². The second-order valence-electron chi connectivity index (χ2n) is 4.54. The van der Waals surface area contributed by atoms with Gasteiger partial charge in [0.05, 0.1) is 5.69 Å². The lowest BCUT2D eigenvalue weighted by Gasteiger charge is -2.07. The van der Waals surface area contributed by atoms with Crippen LogP contribution in [0.15, 0.2) is 30.3 Å². The number of nitrogens with zero attached hydrogens (tertiary/aromatic N) is 3. The maximum Gasteiger partial charge on any atom is 0.209 e. The van der Waals surface area contributed by atoms with E-state index in [0.29, 0.717) is 0 Å². The number of benzene rings is 1. The van der Waals surface area contributed by atoms with E-state index in [4.69, 9.17) is 0 Å². The highest BCUT2D eigenvalue weighted by atomic mass is 15.2. The Balaban J connectivity index is 2.39. The zero-order valence-electron chi connectivity index (χ0n) is 11.2. The minimum atomic E-state index is 0.788. The van der Waals surface area contributed by atoms with E-state index < -0.39 is 0 Å². The highest BCUT2D eigenvalue weighted by Gasteiger charge is 2.14. The largest absolute Gasteiger partial charge is 0.358 e. The molecule has 0 saturated carbocycles. The van der Waals surface area contributed by atoms with Gasteiger partial charge in [-0.05, 0) is 43.7 Å².